The maximum Gasteiger partial charge on any atom is 0.247 e. The molecule has 0 atom stereocenters. The third kappa shape index (κ3) is 6.31. The van der Waals surface area contributed by atoms with E-state index in [2.05, 4.69) is 39.5 Å². The zero-order chi connectivity index (χ0) is 23.3. The Hall–Kier alpha value is -1.88. The summed E-state index contributed by atoms with van der Waals surface area (Å²) in [7, 11) is -2.70. The van der Waals surface area contributed by atoms with Crippen molar-refractivity contribution in [2.24, 2.45) is 0 Å². The summed E-state index contributed by atoms with van der Waals surface area (Å²) in [5.74, 6) is 0.756. The number of benzene rings is 2. The molecule has 0 saturated carbocycles. The SMILES string of the molecule is COc1ccc(-c2c(C)ccc[n+]2NI)c(Cl)c1.Cc1cc(C)c(S(=O)(=O)[O-])c(C)c1. The Morgan fingerprint density at radius 2 is 1.65 bits per heavy atom. The summed E-state index contributed by atoms with van der Waals surface area (Å²) in [4.78, 5) is -0.0851. The molecule has 0 amide bonds. The predicted octanol–water partition coefficient (Wildman–Crippen LogP) is 5.02. The molecule has 0 saturated heterocycles. The maximum atomic E-state index is 10.8. The highest BCUT2D eigenvalue weighted by molar-refractivity contribution is 14.1. The Labute approximate surface area is 202 Å². The van der Waals surface area contributed by atoms with Crippen molar-refractivity contribution >= 4 is 44.6 Å². The monoisotopic (exact) mass is 574 g/mol. The number of pyridine rings is 1. The van der Waals surface area contributed by atoms with Crippen LogP contribution >= 0.6 is 34.5 Å². The zero-order valence-corrected chi connectivity index (χ0v) is 21.6. The highest BCUT2D eigenvalue weighted by Crippen LogP contribution is 2.30. The number of aromatic nitrogens is 1. The van der Waals surface area contributed by atoms with Crippen LogP contribution in [0.25, 0.3) is 11.3 Å². The third-order valence-electron chi connectivity index (χ3n) is 4.57. The minimum Gasteiger partial charge on any atom is -0.744 e. The molecule has 0 aliphatic rings. The van der Waals surface area contributed by atoms with Gasteiger partial charge in [-0.2, -0.15) is 0 Å². The molecule has 3 rings (SSSR count). The number of nitrogens with one attached hydrogen (secondary N) is 1. The summed E-state index contributed by atoms with van der Waals surface area (Å²) >= 11 is 8.41. The first kappa shape index (κ1) is 25.4. The largest absolute Gasteiger partial charge is 0.744 e. The van der Waals surface area contributed by atoms with E-state index < -0.39 is 10.1 Å². The van der Waals surface area contributed by atoms with E-state index in [0.717, 1.165) is 28.1 Å². The Morgan fingerprint density at radius 3 is 2.13 bits per heavy atom. The topological polar surface area (TPSA) is 82.3 Å². The van der Waals surface area contributed by atoms with Crippen molar-refractivity contribution in [2.75, 3.05) is 10.7 Å². The van der Waals surface area contributed by atoms with Crippen LogP contribution in [0.3, 0.4) is 0 Å². The normalized spacial score (nSPS) is 10.8. The van der Waals surface area contributed by atoms with Crippen molar-refractivity contribution in [1.29, 1.82) is 0 Å². The van der Waals surface area contributed by atoms with Crippen LogP contribution in [0, 0.1) is 27.7 Å². The van der Waals surface area contributed by atoms with Crippen LogP contribution in [0.2, 0.25) is 5.02 Å². The molecule has 3 aromatic rings. The van der Waals surface area contributed by atoms with Gasteiger partial charge in [-0.25, -0.2) is 8.42 Å². The van der Waals surface area contributed by atoms with Gasteiger partial charge < -0.3 is 9.29 Å². The number of ether oxygens (including phenoxy) is 1. The average Bonchev–Trinajstić information content (AvgIpc) is 2.66. The van der Waals surface area contributed by atoms with E-state index in [1.807, 2.05) is 42.1 Å². The van der Waals surface area contributed by atoms with E-state index in [1.165, 1.54) is 0 Å². The molecule has 31 heavy (non-hydrogen) atoms. The second-order valence-electron chi connectivity index (χ2n) is 7.02. The zero-order valence-electron chi connectivity index (χ0n) is 17.9. The van der Waals surface area contributed by atoms with E-state index in [-0.39, 0.29) is 4.90 Å². The molecule has 1 heterocycles. The van der Waals surface area contributed by atoms with Crippen LogP contribution in [0.4, 0.5) is 0 Å². The molecule has 0 aliphatic heterocycles. The standard InChI is InChI=1S/C13H13ClIN2O.C9H12O3S/c1-9-4-3-7-17(16-15)13(9)11-6-5-10(18-2)8-12(11)14;1-6-4-7(2)9(8(3)5-6)13(10,11)12/h3-8,16H,1-2H3;4-5H,1-3H3,(H,10,11,12)/q+1;/p-1. The minimum absolute atomic E-state index is 0.0851. The van der Waals surface area contributed by atoms with Crippen LogP contribution in [0.5, 0.6) is 5.75 Å². The first-order chi connectivity index (χ1) is 14.5. The number of rotatable bonds is 4. The van der Waals surface area contributed by atoms with Crippen LogP contribution in [-0.2, 0) is 10.1 Å². The fraction of sp³-hybridized carbons (Fsp3) is 0.227. The first-order valence-corrected chi connectivity index (χ1v) is 12.1. The lowest BCUT2D eigenvalue weighted by Crippen LogP contribution is -2.41. The summed E-state index contributed by atoms with van der Waals surface area (Å²) < 4.78 is 42.7. The van der Waals surface area contributed by atoms with Crippen molar-refractivity contribution < 1.29 is 22.4 Å². The second kappa shape index (κ2) is 10.6. The maximum absolute atomic E-state index is 10.8. The minimum atomic E-state index is -4.33. The molecule has 1 aromatic heterocycles. The van der Waals surface area contributed by atoms with Gasteiger partial charge in [0, 0.05) is 11.6 Å². The van der Waals surface area contributed by atoms with Crippen LogP contribution in [0.15, 0.2) is 53.6 Å². The summed E-state index contributed by atoms with van der Waals surface area (Å²) in [6.07, 6.45) is 1.95. The lowest BCUT2D eigenvalue weighted by Gasteiger charge is -2.14. The van der Waals surface area contributed by atoms with Crippen LogP contribution in [0.1, 0.15) is 22.3 Å². The molecular formula is C22H24ClIN2O4S. The van der Waals surface area contributed by atoms with Crippen molar-refractivity contribution in [3.05, 3.63) is 75.9 Å². The predicted molar refractivity (Wildman–Crippen MR) is 130 cm³/mol. The number of hydrogen-bond donors (Lipinski definition) is 1. The number of aryl methyl sites for hydroxylation is 4. The quantitative estimate of drug-likeness (QED) is 0.205. The lowest BCUT2D eigenvalue weighted by molar-refractivity contribution is -0.620. The van der Waals surface area contributed by atoms with Crippen molar-refractivity contribution in [3.63, 3.8) is 0 Å². The molecule has 1 N–H and O–H groups in total. The van der Waals surface area contributed by atoms with Gasteiger partial charge in [-0.05, 0) is 63.1 Å². The smallest absolute Gasteiger partial charge is 0.247 e. The van der Waals surface area contributed by atoms with Gasteiger partial charge in [0.1, 0.15) is 38.7 Å². The van der Waals surface area contributed by atoms with E-state index in [9.17, 15) is 13.0 Å². The summed E-state index contributed by atoms with van der Waals surface area (Å²) in [5, 5.41) is 0.670. The highest BCUT2D eigenvalue weighted by Gasteiger charge is 2.19. The average molecular weight is 575 g/mol. The van der Waals surface area contributed by atoms with Gasteiger partial charge in [0.25, 0.3) is 0 Å². The van der Waals surface area contributed by atoms with Gasteiger partial charge in [-0.1, -0.05) is 34.0 Å². The molecule has 0 aliphatic carbocycles. The Bertz CT molecular complexity index is 1180. The van der Waals surface area contributed by atoms with E-state index in [0.29, 0.717) is 16.1 Å². The molecule has 0 unspecified atom stereocenters. The Kier molecular flexibility index (Phi) is 8.70. The van der Waals surface area contributed by atoms with Crippen LogP contribution in [-0.4, -0.2) is 20.1 Å². The van der Waals surface area contributed by atoms with Gasteiger partial charge in [0.15, 0.2) is 0 Å². The fourth-order valence-electron chi connectivity index (χ4n) is 3.41. The summed E-state index contributed by atoms with van der Waals surface area (Å²) in [6, 6.07) is 13.1. The Morgan fingerprint density at radius 1 is 1.03 bits per heavy atom. The van der Waals surface area contributed by atoms with Gasteiger partial charge in [0.2, 0.25) is 11.9 Å². The van der Waals surface area contributed by atoms with Crippen molar-refractivity contribution in [3.8, 4) is 17.0 Å². The summed E-state index contributed by atoms with van der Waals surface area (Å²) in [5.41, 5.74) is 5.16. The molecule has 9 heteroatoms. The third-order valence-corrected chi connectivity index (χ3v) is 6.55. The van der Waals surface area contributed by atoms with Gasteiger partial charge >= 0.3 is 0 Å². The van der Waals surface area contributed by atoms with Crippen molar-refractivity contribution in [1.82, 2.24) is 0 Å². The number of nitrogens with zero attached hydrogens (tertiary/aromatic N) is 1. The summed E-state index contributed by atoms with van der Waals surface area (Å²) in [6.45, 7) is 7.18. The molecular weight excluding hydrogens is 551 g/mol. The molecule has 0 fully saturated rings. The molecule has 0 bridgehead atoms. The number of hydrogen-bond acceptors (Lipinski definition) is 5. The van der Waals surface area contributed by atoms with Gasteiger partial charge in [-0.3, -0.25) is 0 Å². The number of methoxy groups -OCH3 is 1. The van der Waals surface area contributed by atoms with E-state index >= 15 is 0 Å². The molecule has 0 radical (unpaired) electrons. The molecule has 6 nitrogen and oxygen atoms in total. The number of halogens is 2. The lowest BCUT2D eigenvalue weighted by atomic mass is 10.1. The fourth-order valence-corrected chi connectivity index (χ4v) is 4.97. The Balaban J connectivity index is 0.000000233. The highest BCUT2D eigenvalue weighted by atomic mass is 127. The van der Waals surface area contributed by atoms with Crippen molar-refractivity contribution in [2.45, 2.75) is 32.6 Å². The molecule has 166 valence electrons. The van der Waals surface area contributed by atoms with Gasteiger partial charge in [0.05, 0.1) is 22.6 Å². The van der Waals surface area contributed by atoms with E-state index in [1.54, 1.807) is 33.1 Å². The molecule has 0 spiro atoms. The first-order valence-electron chi connectivity index (χ1n) is 9.25. The van der Waals surface area contributed by atoms with Gasteiger partial charge in [-0.15, -0.1) is 3.64 Å². The van der Waals surface area contributed by atoms with E-state index in [4.69, 9.17) is 16.3 Å². The second-order valence-corrected chi connectivity index (χ2v) is 9.23. The molecule has 2 aromatic carbocycles. The van der Waals surface area contributed by atoms with Crippen LogP contribution < -0.4 is 13.1 Å².